The maximum atomic E-state index is 12.7. The van der Waals surface area contributed by atoms with Crippen molar-refractivity contribution in [1.82, 2.24) is 9.88 Å². The molecule has 2 aromatic heterocycles. The molecule has 132 valence electrons. The molecule has 1 aliphatic rings. The number of carbonyl (C=O) groups excluding carboxylic acids is 1. The average molecular weight is 344 g/mol. The zero-order chi connectivity index (χ0) is 17.8. The number of ether oxygens (including phenoxy) is 1. The monoisotopic (exact) mass is 344 g/mol. The quantitative estimate of drug-likeness (QED) is 0.902. The SMILES string of the molecule is Cc1cc(=O)c(O)c([C@@H](CC(=O)N2CCOCC2)c2cccnc2)o1. The summed E-state index contributed by atoms with van der Waals surface area (Å²) in [6.45, 7) is 3.71. The molecule has 0 saturated carbocycles. The first-order valence-electron chi connectivity index (χ1n) is 8.15. The Hall–Kier alpha value is -2.67. The van der Waals surface area contributed by atoms with Crippen molar-refractivity contribution in [2.45, 2.75) is 19.3 Å². The van der Waals surface area contributed by atoms with Gasteiger partial charge in [0.2, 0.25) is 17.1 Å². The minimum atomic E-state index is -0.586. The number of rotatable bonds is 4. The fraction of sp³-hybridized carbons (Fsp3) is 0.389. The maximum absolute atomic E-state index is 12.7. The van der Waals surface area contributed by atoms with E-state index < -0.39 is 17.1 Å². The molecule has 0 aliphatic carbocycles. The number of aromatic hydroxyl groups is 1. The molecule has 7 nitrogen and oxygen atoms in total. The van der Waals surface area contributed by atoms with Crippen molar-refractivity contribution in [1.29, 1.82) is 0 Å². The van der Waals surface area contributed by atoms with Crippen LogP contribution in [0.5, 0.6) is 5.75 Å². The predicted octanol–water partition coefficient (Wildman–Crippen LogP) is 1.43. The summed E-state index contributed by atoms with van der Waals surface area (Å²) in [6, 6.07) is 4.77. The number of amides is 1. The molecule has 1 N–H and O–H groups in total. The third kappa shape index (κ3) is 3.88. The Kier molecular flexibility index (Phi) is 5.14. The number of pyridine rings is 1. The van der Waals surface area contributed by atoms with Crippen LogP contribution in [0.3, 0.4) is 0 Å². The molecule has 0 unspecified atom stereocenters. The van der Waals surface area contributed by atoms with Gasteiger partial charge in [-0.15, -0.1) is 0 Å². The highest BCUT2D eigenvalue weighted by molar-refractivity contribution is 5.78. The molecular formula is C18H20N2O5. The molecule has 25 heavy (non-hydrogen) atoms. The lowest BCUT2D eigenvalue weighted by atomic mass is 9.92. The molecule has 7 heteroatoms. The van der Waals surface area contributed by atoms with Crippen LogP contribution in [0.2, 0.25) is 0 Å². The number of aromatic nitrogens is 1. The number of morpholine rings is 1. The van der Waals surface area contributed by atoms with Crippen LogP contribution in [-0.4, -0.2) is 47.2 Å². The van der Waals surface area contributed by atoms with Gasteiger partial charge in [-0.05, 0) is 18.6 Å². The maximum Gasteiger partial charge on any atom is 0.227 e. The van der Waals surface area contributed by atoms with Gasteiger partial charge in [0.15, 0.2) is 5.76 Å². The molecule has 2 aromatic rings. The minimum absolute atomic E-state index is 0.0750. The first-order valence-corrected chi connectivity index (χ1v) is 8.15. The van der Waals surface area contributed by atoms with E-state index in [0.717, 1.165) is 0 Å². The Morgan fingerprint density at radius 2 is 2.16 bits per heavy atom. The van der Waals surface area contributed by atoms with E-state index in [1.165, 1.54) is 6.07 Å². The molecule has 0 bridgehead atoms. The predicted molar refractivity (Wildman–Crippen MR) is 89.5 cm³/mol. The van der Waals surface area contributed by atoms with E-state index in [1.807, 2.05) is 0 Å². The van der Waals surface area contributed by atoms with Crippen molar-refractivity contribution in [3.63, 3.8) is 0 Å². The van der Waals surface area contributed by atoms with Gasteiger partial charge in [-0.2, -0.15) is 0 Å². The zero-order valence-electron chi connectivity index (χ0n) is 14.0. The highest BCUT2D eigenvalue weighted by Gasteiger charge is 2.28. The molecule has 1 amide bonds. The van der Waals surface area contributed by atoms with E-state index in [2.05, 4.69) is 4.98 Å². The molecule has 1 fully saturated rings. The molecular weight excluding hydrogens is 324 g/mol. The van der Waals surface area contributed by atoms with Gasteiger partial charge < -0.3 is 19.2 Å². The summed E-state index contributed by atoms with van der Waals surface area (Å²) in [5.41, 5.74) is 0.180. The van der Waals surface area contributed by atoms with Crippen molar-refractivity contribution in [3.05, 3.63) is 57.9 Å². The summed E-state index contributed by atoms with van der Waals surface area (Å²) in [5, 5.41) is 10.2. The summed E-state index contributed by atoms with van der Waals surface area (Å²) >= 11 is 0. The standard InChI is InChI=1S/C18H20N2O5/c1-12-9-15(21)17(23)18(25-12)14(13-3-2-4-19-11-13)10-16(22)20-5-7-24-8-6-20/h2-4,9,11,14,23H,5-8,10H2,1H3/t14-/m0/s1. The van der Waals surface area contributed by atoms with Crippen LogP contribution in [0.15, 0.2) is 39.8 Å². The Balaban J connectivity index is 1.96. The Labute approximate surface area is 144 Å². The van der Waals surface area contributed by atoms with E-state index in [9.17, 15) is 14.7 Å². The minimum Gasteiger partial charge on any atom is -0.502 e. The fourth-order valence-corrected chi connectivity index (χ4v) is 2.92. The van der Waals surface area contributed by atoms with Gasteiger partial charge in [-0.3, -0.25) is 14.6 Å². The topological polar surface area (TPSA) is 92.9 Å². The van der Waals surface area contributed by atoms with Crippen LogP contribution in [0.25, 0.3) is 0 Å². The third-order valence-electron chi connectivity index (χ3n) is 4.22. The molecule has 1 aliphatic heterocycles. The molecule has 0 spiro atoms. The van der Waals surface area contributed by atoms with Gasteiger partial charge in [0.1, 0.15) is 5.76 Å². The lowest BCUT2D eigenvalue weighted by molar-refractivity contribution is -0.135. The van der Waals surface area contributed by atoms with E-state index in [4.69, 9.17) is 9.15 Å². The van der Waals surface area contributed by atoms with Crippen LogP contribution >= 0.6 is 0 Å². The number of aryl methyl sites for hydroxylation is 1. The van der Waals surface area contributed by atoms with E-state index in [1.54, 1.807) is 36.4 Å². The van der Waals surface area contributed by atoms with Gasteiger partial charge >= 0.3 is 0 Å². The smallest absolute Gasteiger partial charge is 0.227 e. The Bertz CT molecular complexity index is 797. The van der Waals surface area contributed by atoms with Crippen molar-refractivity contribution in [2.75, 3.05) is 26.3 Å². The second-order valence-electron chi connectivity index (χ2n) is 5.97. The van der Waals surface area contributed by atoms with Crippen molar-refractivity contribution >= 4 is 5.91 Å². The first-order chi connectivity index (χ1) is 12.1. The molecule has 1 saturated heterocycles. The highest BCUT2D eigenvalue weighted by Crippen LogP contribution is 2.33. The zero-order valence-corrected chi connectivity index (χ0v) is 14.0. The summed E-state index contributed by atoms with van der Waals surface area (Å²) in [5.74, 6) is -0.656. The van der Waals surface area contributed by atoms with Crippen molar-refractivity contribution < 1.29 is 19.1 Å². The van der Waals surface area contributed by atoms with Gasteiger partial charge in [0.05, 0.1) is 19.1 Å². The molecule has 0 aromatic carbocycles. The molecule has 3 rings (SSSR count). The second-order valence-corrected chi connectivity index (χ2v) is 5.97. The number of hydrogen-bond acceptors (Lipinski definition) is 6. The van der Waals surface area contributed by atoms with Crippen LogP contribution in [0.1, 0.15) is 29.4 Å². The highest BCUT2D eigenvalue weighted by atomic mass is 16.5. The van der Waals surface area contributed by atoms with Gasteiger partial charge in [0, 0.05) is 38.0 Å². The normalized spacial score (nSPS) is 15.8. The van der Waals surface area contributed by atoms with E-state index >= 15 is 0 Å². The van der Waals surface area contributed by atoms with Crippen molar-refractivity contribution in [2.24, 2.45) is 0 Å². The van der Waals surface area contributed by atoms with Crippen molar-refractivity contribution in [3.8, 4) is 5.75 Å². The third-order valence-corrected chi connectivity index (χ3v) is 4.22. The number of carbonyl (C=O) groups is 1. The van der Waals surface area contributed by atoms with E-state index in [-0.39, 0.29) is 18.1 Å². The fourth-order valence-electron chi connectivity index (χ4n) is 2.92. The van der Waals surface area contributed by atoms with Crippen LogP contribution < -0.4 is 5.43 Å². The van der Waals surface area contributed by atoms with Gasteiger partial charge in [-0.25, -0.2) is 0 Å². The molecule has 1 atom stereocenters. The summed E-state index contributed by atoms with van der Waals surface area (Å²) in [7, 11) is 0. The summed E-state index contributed by atoms with van der Waals surface area (Å²) in [6.07, 6.45) is 3.31. The summed E-state index contributed by atoms with van der Waals surface area (Å²) < 4.78 is 10.9. The lowest BCUT2D eigenvalue weighted by Crippen LogP contribution is -2.41. The van der Waals surface area contributed by atoms with Crippen LogP contribution in [0.4, 0.5) is 0 Å². The molecule has 3 heterocycles. The first kappa shape index (κ1) is 17.2. The lowest BCUT2D eigenvalue weighted by Gasteiger charge is -2.28. The van der Waals surface area contributed by atoms with Gasteiger partial charge in [0.25, 0.3) is 0 Å². The van der Waals surface area contributed by atoms with Crippen LogP contribution in [-0.2, 0) is 9.53 Å². The number of nitrogens with zero attached hydrogens (tertiary/aromatic N) is 2. The largest absolute Gasteiger partial charge is 0.502 e. The summed E-state index contributed by atoms with van der Waals surface area (Å²) in [4.78, 5) is 30.4. The molecule has 0 radical (unpaired) electrons. The number of hydrogen-bond donors (Lipinski definition) is 1. The Morgan fingerprint density at radius 1 is 1.40 bits per heavy atom. The average Bonchev–Trinajstić information content (AvgIpc) is 2.64. The Morgan fingerprint density at radius 3 is 2.84 bits per heavy atom. The van der Waals surface area contributed by atoms with Gasteiger partial charge in [-0.1, -0.05) is 6.07 Å². The van der Waals surface area contributed by atoms with Crippen LogP contribution in [0, 0.1) is 6.92 Å². The van der Waals surface area contributed by atoms with E-state index in [0.29, 0.717) is 37.6 Å². The second kappa shape index (κ2) is 7.48.